The predicted octanol–water partition coefficient (Wildman–Crippen LogP) is 3.52. The average Bonchev–Trinajstić information content (AvgIpc) is 2.95. The van der Waals surface area contributed by atoms with E-state index < -0.39 is 0 Å². The fraction of sp³-hybridized carbons (Fsp3) is 0.600. The van der Waals surface area contributed by atoms with Crippen molar-refractivity contribution in [3.8, 4) is 0 Å². The highest BCUT2D eigenvalue weighted by molar-refractivity contribution is 5.21. The van der Waals surface area contributed by atoms with E-state index in [1.165, 1.54) is 24.8 Å². The number of nitrogens with one attached hydrogen (secondary N) is 1. The highest BCUT2D eigenvalue weighted by Gasteiger charge is 2.47. The average molecular weight is 233 g/mol. The minimum Gasteiger partial charge on any atom is -0.310 e. The molecule has 0 radical (unpaired) electrons. The van der Waals surface area contributed by atoms with Gasteiger partial charge in [-0.3, -0.25) is 0 Å². The molecular weight excluding hydrogens is 213 g/mol. The van der Waals surface area contributed by atoms with E-state index >= 15 is 0 Å². The first-order valence-electron chi connectivity index (χ1n) is 6.76. The quantitative estimate of drug-likeness (QED) is 0.839. The van der Waals surface area contributed by atoms with Crippen molar-refractivity contribution in [3.05, 3.63) is 35.6 Å². The van der Waals surface area contributed by atoms with Gasteiger partial charge >= 0.3 is 0 Å². The smallest absolute Gasteiger partial charge is 0.123 e. The zero-order valence-corrected chi connectivity index (χ0v) is 10.3. The van der Waals surface area contributed by atoms with Gasteiger partial charge in [-0.05, 0) is 61.3 Å². The third-order valence-corrected chi connectivity index (χ3v) is 4.40. The zero-order chi connectivity index (χ0) is 11.8. The summed E-state index contributed by atoms with van der Waals surface area (Å²) in [6.07, 6.45) is 4.18. The van der Waals surface area contributed by atoms with E-state index in [4.69, 9.17) is 0 Å². The Morgan fingerprint density at radius 3 is 2.41 bits per heavy atom. The van der Waals surface area contributed by atoms with Crippen LogP contribution >= 0.6 is 0 Å². The van der Waals surface area contributed by atoms with E-state index in [-0.39, 0.29) is 5.82 Å². The van der Waals surface area contributed by atoms with Crippen molar-refractivity contribution in [1.82, 2.24) is 5.32 Å². The summed E-state index contributed by atoms with van der Waals surface area (Å²) >= 11 is 0. The molecule has 3 rings (SSSR count). The number of hydrogen-bond donors (Lipinski definition) is 1. The lowest BCUT2D eigenvalue weighted by Crippen LogP contribution is -2.27. The maximum atomic E-state index is 13.0. The van der Waals surface area contributed by atoms with Gasteiger partial charge in [0.15, 0.2) is 0 Å². The van der Waals surface area contributed by atoms with Crippen LogP contribution in [0.15, 0.2) is 24.3 Å². The van der Waals surface area contributed by atoms with Gasteiger partial charge in [0.05, 0.1) is 0 Å². The Balaban J connectivity index is 1.76. The number of benzene rings is 1. The summed E-state index contributed by atoms with van der Waals surface area (Å²) in [6.45, 7) is 3.13. The molecule has 1 aromatic carbocycles. The molecule has 2 saturated carbocycles. The molecule has 0 heterocycles. The molecule has 1 aromatic rings. The van der Waals surface area contributed by atoms with Crippen LogP contribution in [-0.2, 0) is 0 Å². The molecule has 2 heteroatoms. The summed E-state index contributed by atoms with van der Waals surface area (Å²) in [5.41, 5.74) is 1.25. The second-order valence-electron chi connectivity index (χ2n) is 5.57. The van der Waals surface area contributed by atoms with Gasteiger partial charge in [0.1, 0.15) is 5.82 Å². The molecule has 0 aromatic heterocycles. The van der Waals surface area contributed by atoms with E-state index in [1.807, 2.05) is 12.1 Å². The van der Waals surface area contributed by atoms with E-state index in [1.54, 1.807) is 12.1 Å². The molecule has 0 bridgehead atoms. The second kappa shape index (κ2) is 4.41. The van der Waals surface area contributed by atoms with Crippen LogP contribution < -0.4 is 5.32 Å². The molecule has 0 amide bonds. The van der Waals surface area contributed by atoms with Crippen molar-refractivity contribution in [1.29, 1.82) is 0 Å². The predicted molar refractivity (Wildman–Crippen MR) is 67.1 cm³/mol. The number of rotatable bonds is 4. The molecular formula is C15H20FN. The van der Waals surface area contributed by atoms with Gasteiger partial charge < -0.3 is 5.32 Å². The van der Waals surface area contributed by atoms with Crippen molar-refractivity contribution >= 4 is 0 Å². The van der Waals surface area contributed by atoms with Gasteiger partial charge in [-0.25, -0.2) is 4.39 Å². The fourth-order valence-corrected chi connectivity index (χ4v) is 3.48. The Kier molecular flexibility index (Phi) is 2.91. The lowest BCUT2D eigenvalue weighted by molar-refractivity contribution is 0.346. The van der Waals surface area contributed by atoms with Crippen molar-refractivity contribution in [2.75, 3.05) is 6.54 Å². The molecule has 3 atom stereocenters. The van der Waals surface area contributed by atoms with Gasteiger partial charge in [0.2, 0.25) is 0 Å². The maximum absolute atomic E-state index is 13.0. The standard InChI is InChI=1S/C15H20FN/c1-2-17-15(10-3-5-14(16)6-4-10)13-8-11-7-12(11)9-13/h3-6,11-13,15,17H,2,7-9H2,1H3. The van der Waals surface area contributed by atoms with Crippen molar-refractivity contribution in [3.63, 3.8) is 0 Å². The summed E-state index contributed by atoms with van der Waals surface area (Å²) in [7, 11) is 0. The molecule has 0 aliphatic heterocycles. The van der Waals surface area contributed by atoms with E-state index in [9.17, 15) is 4.39 Å². The Morgan fingerprint density at radius 2 is 1.82 bits per heavy atom. The molecule has 1 nitrogen and oxygen atoms in total. The molecule has 17 heavy (non-hydrogen) atoms. The van der Waals surface area contributed by atoms with Crippen LogP contribution in [0, 0.1) is 23.6 Å². The van der Waals surface area contributed by atoms with Gasteiger partial charge in [0.25, 0.3) is 0 Å². The number of fused-ring (bicyclic) bond motifs is 1. The highest BCUT2D eigenvalue weighted by Crippen LogP contribution is 2.57. The lowest BCUT2D eigenvalue weighted by Gasteiger charge is -2.26. The normalized spacial score (nSPS) is 32.2. The highest BCUT2D eigenvalue weighted by atomic mass is 19.1. The van der Waals surface area contributed by atoms with Crippen molar-refractivity contribution in [2.45, 2.75) is 32.2 Å². The summed E-state index contributed by atoms with van der Waals surface area (Å²) in [5.74, 6) is 2.62. The van der Waals surface area contributed by atoms with E-state index in [2.05, 4.69) is 12.2 Å². The fourth-order valence-electron chi connectivity index (χ4n) is 3.48. The van der Waals surface area contributed by atoms with Crippen LogP contribution in [0.5, 0.6) is 0 Å². The minimum absolute atomic E-state index is 0.140. The first-order valence-corrected chi connectivity index (χ1v) is 6.76. The summed E-state index contributed by atoms with van der Waals surface area (Å²) < 4.78 is 13.0. The van der Waals surface area contributed by atoms with Gasteiger partial charge in [-0.2, -0.15) is 0 Å². The van der Waals surface area contributed by atoms with Crippen molar-refractivity contribution in [2.24, 2.45) is 17.8 Å². The molecule has 0 saturated heterocycles. The van der Waals surface area contributed by atoms with Crippen LogP contribution in [0.3, 0.4) is 0 Å². The molecule has 2 aliphatic carbocycles. The topological polar surface area (TPSA) is 12.0 Å². The van der Waals surface area contributed by atoms with Crippen LogP contribution in [0.4, 0.5) is 4.39 Å². The monoisotopic (exact) mass is 233 g/mol. The molecule has 1 N–H and O–H groups in total. The van der Waals surface area contributed by atoms with Gasteiger partial charge in [-0.1, -0.05) is 19.1 Å². The van der Waals surface area contributed by atoms with Crippen LogP contribution in [-0.4, -0.2) is 6.54 Å². The van der Waals surface area contributed by atoms with Crippen LogP contribution in [0.1, 0.15) is 37.8 Å². The summed E-state index contributed by atoms with van der Waals surface area (Å²) in [4.78, 5) is 0. The van der Waals surface area contributed by atoms with E-state index in [0.29, 0.717) is 6.04 Å². The zero-order valence-electron chi connectivity index (χ0n) is 10.3. The Labute approximate surface area is 102 Å². The SMILES string of the molecule is CCNC(c1ccc(F)cc1)C1CC2CC2C1. The molecule has 0 spiro atoms. The Morgan fingerprint density at radius 1 is 1.18 bits per heavy atom. The van der Waals surface area contributed by atoms with Crippen LogP contribution in [0.25, 0.3) is 0 Å². The second-order valence-corrected chi connectivity index (χ2v) is 5.57. The first-order chi connectivity index (χ1) is 8.28. The van der Waals surface area contributed by atoms with E-state index in [0.717, 1.165) is 24.3 Å². The number of halogens is 1. The molecule has 92 valence electrons. The summed E-state index contributed by atoms with van der Waals surface area (Å²) in [6, 6.07) is 7.46. The largest absolute Gasteiger partial charge is 0.310 e. The molecule has 3 unspecified atom stereocenters. The number of hydrogen-bond acceptors (Lipinski definition) is 1. The van der Waals surface area contributed by atoms with Crippen molar-refractivity contribution < 1.29 is 4.39 Å². The molecule has 2 aliphatic rings. The molecule has 2 fully saturated rings. The third-order valence-electron chi connectivity index (χ3n) is 4.40. The Hall–Kier alpha value is -0.890. The Bertz CT molecular complexity index is 376. The van der Waals surface area contributed by atoms with Crippen LogP contribution in [0.2, 0.25) is 0 Å². The summed E-state index contributed by atoms with van der Waals surface area (Å²) in [5, 5.41) is 3.58. The minimum atomic E-state index is -0.140. The maximum Gasteiger partial charge on any atom is 0.123 e. The first kappa shape index (κ1) is 11.2. The van der Waals surface area contributed by atoms with Gasteiger partial charge in [0, 0.05) is 6.04 Å². The lowest BCUT2D eigenvalue weighted by atomic mass is 9.89. The third kappa shape index (κ3) is 2.23. The van der Waals surface area contributed by atoms with Gasteiger partial charge in [-0.15, -0.1) is 0 Å².